The van der Waals surface area contributed by atoms with Gasteiger partial charge in [0, 0.05) is 36.0 Å². The maximum atomic E-state index is 13.9. The van der Waals surface area contributed by atoms with Gasteiger partial charge in [0.25, 0.3) is 5.91 Å². The second-order valence-electron chi connectivity index (χ2n) is 9.19. The van der Waals surface area contributed by atoms with Crippen LogP contribution in [0.3, 0.4) is 0 Å². The van der Waals surface area contributed by atoms with E-state index in [9.17, 15) is 4.79 Å². The molecular weight excluding hydrogens is 564 g/mol. The van der Waals surface area contributed by atoms with E-state index in [1.54, 1.807) is 14.2 Å². The van der Waals surface area contributed by atoms with Crippen molar-refractivity contribution < 1.29 is 28.8 Å². The molecule has 0 aliphatic carbocycles. The Bertz CT molecular complexity index is 1310. The summed E-state index contributed by atoms with van der Waals surface area (Å²) in [6.07, 6.45) is 0.384. The summed E-state index contributed by atoms with van der Waals surface area (Å²) in [6, 6.07) is 20.7. The Kier molecular flexibility index (Phi) is 9.48. The Labute approximate surface area is 237 Å². The predicted octanol–water partition coefficient (Wildman–Crippen LogP) is 4.69. The van der Waals surface area contributed by atoms with Crippen LogP contribution in [0.4, 0.5) is 0 Å². The number of nitrogens with zero attached hydrogens (tertiary/aromatic N) is 1. The molecule has 0 fully saturated rings. The van der Waals surface area contributed by atoms with Crippen LogP contribution in [0.2, 0.25) is 0 Å². The van der Waals surface area contributed by atoms with Gasteiger partial charge >= 0.3 is 0 Å². The van der Waals surface area contributed by atoms with Crippen molar-refractivity contribution in [3.05, 3.63) is 87.9 Å². The highest BCUT2D eigenvalue weighted by atomic mass is 79.9. The second-order valence-corrected chi connectivity index (χ2v) is 10.0. The van der Waals surface area contributed by atoms with E-state index in [2.05, 4.69) is 21.2 Å². The third-order valence-corrected chi connectivity index (χ3v) is 7.42. The highest BCUT2D eigenvalue weighted by Gasteiger charge is 2.50. The predicted molar refractivity (Wildman–Crippen MR) is 153 cm³/mol. The quantitative estimate of drug-likeness (QED) is 0.294. The molecule has 3 aromatic carbocycles. The first-order valence-electron chi connectivity index (χ1n) is 12.7. The van der Waals surface area contributed by atoms with Crippen molar-refractivity contribution in [3.8, 4) is 17.2 Å². The SMILES string of the molecule is COc1ccc(CNC(=O)[C@]2(Cc3ccccc3Br)N=C(c3ccc(OCCCO)cc3)O[C@@H]2C)cc1OC. The van der Waals surface area contributed by atoms with Gasteiger partial charge in [-0.15, -0.1) is 0 Å². The van der Waals surface area contributed by atoms with Crippen LogP contribution in [0.1, 0.15) is 30.0 Å². The summed E-state index contributed by atoms with van der Waals surface area (Å²) in [5.41, 5.74) is 1.38. The molecule has 39 heavy (non-hydrogen) atoms. The zero-order valence-corrected chi connectivity index (χ0v) is 23.9. The summed E-state index contributed by atoms with van der Waals surface area (Å²) in [5.74, 6) is 2.06. The molecule has 9 heteroatoms. The molecule has 1 aliphatic heterocycles. The average molecular weight is 598 g/mol. The minimum Gasteiger partial charge on any atom is -0.494 e. The van der Waals surface area contributed by atoms with Gasteiger partial charge in [-0.3, -0.25) is 4.79 Å². The van der Waals surface area contributed by atoms with Crippen LogP contribution in [-0.4, -0.2) is 56.0 Å². The van der Waals surface area contributed by atoms with E-state index < -0.39 is 11.6 Å². The van der Waals surface area contributed by atoms with Gasteiger partial charge in [-0.25, -0.2) is 4.99 Å². The monoisotopic (exact) mass is 596 g/mol. The van der Waals surface area contributed by atoms with Gasteiger partial charge in [-0.1, -0.05) is 40.2 Å². The van der Waals surface area contributed by atoms with Gasteiger partial charge in [-0.05, 0) is 60.5 Å². The lowest BCUT2D eigenvalue weighted by Crippen LogP contribution is -2.52. The molecular formula is C30H33BrN2O6. The molecule has 1 aliphatic rings. The van der Waals surface area contributed by atoms with Crippen molar-refractivity contribution >= 4 is 27.7 Å². The van der Waals surface area contributed by atoms with Gasteiger partial charge in [0.15, 0.2) is 17.0 Å². The van der Waals surface area contributed by atoms with Crippen LogP contribution < -0.4 is 19.5 Å². The highest BCUT2D eigenvalue weighted by molar-refractivity contribution is 9.10. The Morgan fingerprint density at radius 1 is 1.08 bits per heavy atom. The zero-order chi connectivity index (χ0) is 27.8. The van der Waals surface area contributed by atoms with E-state index in [0.29, 0.717) is 42.6 Å². The number of benzene rings is 3. The molecule has 2 atom stereocenters. The minimum atomic E-state index is -1.19. The van der Waals surface area contributed by atoms with Gasteiger partial charge in [0.05, 0.1) is 20.8 Å². The smallest absolute Gasteiger partial charge is 0.252 e. The minimum absolute atomic E-state index is 0.0777. The number of aliphatic imine (C=N–C) groups is 1. The van der Waals surface area contributed by atoms with E-state index in [1.807, 2.05) is 73.7 Å². The number of rotatable bonds is 12. The number of hydrogen-bond donors (Lipinski definition) is 2. The number of amides is 1. The fourth-order valence-corrected chi connectivity index (χ4v) is 4.83. The lowest BCUT2D eigenvalue weighted by atomic mass is 9.86. The van der Waals surface area contributed by atoms with Gasteiger partial charge in [-0.2, -0.15) is 0 Å². The molecule has 0 radical (unpaired) electrons. The van der Waals surface area contributed by atoms with Gasteiger partial charge < -0.3 is 29.4 Å². The first kappa shape index (κ1) is 28.4. The molecule has 2 N–H and O–H groups in total. The van der Waals surface area contributed by atoms with E-state index in [-0.39, 0.29) is 19.1 Å². The zero-order valence-electron chi connectivity index (χ0n) is 22.3. The summed E-state index contributed by atoms with van der Waals surface area (Å²) in [7, 11) is 3.16. The molecule has 0 unspecified atom stereocenters. The maximum Gasteiger partial charge on any atom is 0.252 e. The fourth-order valence-electron chi connectivity index (χ4n) is 4.40. The van der Waals surface area contributed by atoms with Crippen molar-refractivity contribution in [3.63, 3.8) is 0 Å². The molecule has 4 rings (SSSR count). The third kappa shape index (κ3) is 6.54. The standard InChI is InChI=1S/C30H33BrN2O6/c1-20-30(18-23-7-4-5-8-25(23)31,29(35)32-19-21-9-14-26(36-2)27(17-21)37-3)33-28(39-20)22-10-12-24(13-11-22)38-16-6-15-34/h4-5,7-14,17,20,34H,6,15-16,18-19H2,1-3H3,(H,32,35)/t20-,30-/m1/s1. The molecule has 1 amide bonds. The van der Waals surface area contributed by atoms with E-state index in [4.69, 9.17) is 29.0 Å². The number of carbonyl (C=O) groups excluding carboxylic acids is 1. The van der Waals surface area contributed by atoms with Crippen molar-refractivity contribution in [1.82, 2.24) is 5.32 Å². The lowest BCUT2D eigenvalue weighted by Gasteiger charge is -2.28. The molecule has 0 bridgehead atoms. The Balaban J connectivity index is 1.61. The number of hydrogen-bond acceptors (Lipinski definition) is 7. The molecule has 0 saturated heterocycles. The van der Waals surface area contributed by atoms with Crippen LogP contribution in [0.5, 0.6) is 17.2 Å². The van der Waals surface area contributed by atoms with Crippen LogP contribution in [-0.2, 0) is 22.5 Å². The number of nitrogens with one attached hydrogen (secondary N) is 1. The van der Waals surface area contributed by atoms with Crippen molar-refractivity contribution in [2.24, 2.45) is 4.99 Å². The molecule has 0 saturated carbocycles. The van der Waals surface area contributed by atoms with E-state index >= 15 is 0 Å². The first-order chi connectivity index (χ1) is 18.9. The van der Waals surface area contributed by atoms with Gasteiger partial charge in [0.2, 0.25) is 5.90 Å². The fraction of sp³-hybridized carbons (Fsp3) is 0.333. The van der Waals surface area contributed by atoms with Crippen molar-refractivity contribution in [1.29, 1.82) is 0 Å². The van der Waals surface area contributed by atoms with Gasteiger partial charge in [0.1, 0.15) is 11.9 Å². The molecule has 1 heterocycles. The Morgan fingerprint density at radius 3 is 2.51 bits per heavy atom. The van der Waals surface area contributed by atoms with Crippen molar-refractivity contribution in [2.45, 2.75) is 38.0 Å². The topological polar surface area (TPSA) is 98.6 Å². The number of halogens is 1. The molecule has 8 nitrogen and oxygen atoms in total. The summed E-state index contributed by atoms with van der Waals surface area (Å²) < 4.78 is 23.5. The van der Waals surface area contributed by atoms with E-state index in [0.717, 1.165) is 21.2 Å². The lowest BCUT2D eigenvalue weighted by molar-refractivity contribution is -0.128. The summed E-state index contributed by atoms with van der Waals surface area (Å²) in [6.45, 7) is 2.66. The van der Waals surface area contributed by atoms with E-state index in [1.165, 1.54) is 0 Å². The largest absolute Gasteiger partial charge is 0.494 e. The molecule has 3 aromatic rings. The highest BCUT2D eigenvalue weighted by Crippen LogP contribution is 2.35. The second kappa shape index (κ2) is 13.0. The summed E-state index contributed by atoms with van der Waals surface area (Å²) in [4.78, 5) is 18.8. The number of aliphatic hydroxyl groups excluding tert-OH is 1. The number of carbonyl (C=O) groups is 1. The van der Waals surface area contributed by atoms with Crippen LogP contribution >= 0.6 is 15.9 Å². The third-order valence-electron chi connectivity index (χ3n) is 6.65. The molecule has 206 valence electrons. The average Bonchev–Trinajstić information content (AvgIpc) is 3.29. The van der Waals surface area contributed by atoms with Crippen LogP contribution in [0.15, 0.2) is 76.2 Å². The normalized spacial score (nSPS) is 18.2. The molecule has 0 aromatic heterocycles. The van der Waals surface area contributed by atoms with Crippen molar-refractivity contribution in [2.75, 3.05) is 27.4 Å². The first-order valence-corrected chi connectivity index (χ1v) is 13.5. The number of ether oxygens (including phenoxy) is 4. The maximum absolute atomic E-state index is 13.9. The molecule has 0 spiro atoms. The van der Waals surface area contributed by atoms with Crippen LogP contribution in [0.25, 0.3) is 0 Å². The number of methoxy groups -OCH3 is 2. The summed E-state index contributed by atoms with van der Waals surface area (Å²) in [5, 5.41) is 12.0. The Hall–Kier alpha value is -3.56. The Morgan fingerprint density at radius 2 is 1.82 bits per heavy atom. The summed E-state index contributed by atoms with van der Waals surface area (Å²) >= 11 is 3.62. The number of aliphatic hydroxyl groups is 1. The van der Waals surface area contributed by atoms with Crippen LogP contribution in [0, 0.1) is 0 Å².